The second-order valence-corrected chi connectivity index (χ2v) is 9.16. The number of aromatic nitrogens is 1. The summed E-state index contributed by atoms with van der Waals surface area (Å²) in [6.45, 7) is 6.62. The number of rotatable bonds is 7. The summed E-state index contributed by atoms with van der Waals surface area (Å²) in [4.78, 5) is 44.9. The van der Waals surface area contributed by atoms with Gasteiger partial charge in [-0.1, -0.05) is 41.7 Å². The van der Waals surface area contributed by atoms with Crippen LogP contribution in [0.1, 0.15) is 37.9 Å². The number of allylic oxidation sites excluding steroid dienone is 1. The number of methoxy groups -OCH3 is 1. The summed E-state index contributed by atoms with van der Waals surface area (Å²) >= 11 is 1.18. The molecule has 0 aliphatic carbocycles. The van der Waals surface area contributed by atoms with Crippen molar-refractivity contribution >= 4 is 29.0 Å². The van der Waals surface area contributed by atoms with Crippen LogP contribution in [-0.2, 0) is 4.79 Å². The zero-order valence-corrected chi connectivity index (χ0v) is 21.2. The van der Waals surface area contributed by atoms with Crippen LogP contribution < -0.4 is 19.6 Å². The second kappa shape index (κ2) is 10.3. The van der Waals surface area contributed by atoms with Gasteiger partial charge in [0.05, 0.1) is 27.8 Å². The van der Waals surface area contributed by atoms with E-state index in [0.29, 0.717) is 50.6 Å². The van der Waals surface area contributed by atoms with Gasteiger partial charge in [-0.15, -0.1) is 0 Å². The van der Waals surface area contributed by atoms with Crippen LogP contribution in [0.4, 0.5) is 5.69 Å². The molecular formula is C26H26N4O5S. The van der Waals surface area contributed by atoms with Crippen molar-refractivity contribution in [3.8, 4) is 5.75 Å². The molecule has 1 aliphatic rings. The van der Waals surface area contributed by atoms with Crippen molar-refractivity contribution in [1.82, 2.24) is 9.47 Å². The number of hydrogen-bond acceptors (Lipinski definition) is 7. The molecule has 1 aliphatic heterocycles. The lowest BCUT2D eigenvalue weighted by atomic mass is 9.94. The topological polar surface area (TPSA) is 107 Å². The van der Waals surface area contributed by atoms with Gasteiger partial charge in [0.15, 0.2) is 4.80 Å². The van der Waals surface area contributed by atoms with Gasteiger partial charge in [-0.2, -0.15) is 0 Å². The van der Waals surface area contributed by atoms with Crippen molar-refractivity contribution in [1.29, 1.82) is 0 Å². The van der Waals surface area contributed by atoms with Crippen LogP contribution in [0.2, 0.25) is 0 Å². The van der Waals surface area contributed by atoms with Gasteiger partial charge in [0.2, 0.25) is 0 Å². The quantitative estimate of drug-likeness (QED) is 0.362. The number of hydrogen-bond donors (Lipinski definition) is 0. The highest BCUT2D eigenvalue weighted by molar-refractivity contribution is 7.07. The van der Waals surface area contributed by atoms with E-state index in [9.17, 15) is 19.7 Å². The van der Waals surface area contributed by atoms with E-state index >= 15 is 0 Å². The lowest BCUT2D eigenvalue weighted by Crippen LogP contribution is -2.43. The number of fused-ring (bicyclic) bond motifs is 1. The Kier molecular flexibility index (Phi) is 7.16. The van der Waals surface area contributed by atoms with Crippen LogP contribution in [0.5, 0.6) is 5.75 Å². The van der Waals surface area contributed by atoms with Crippen molar-refractivity contribution in [2.75, 3.05) is 20.2 Å². The molecule has 2 heterocycles. The fourth-order valence-corrected chi connectivity index (χ4v) is 5.39. The normalized spacial score (nSPS) is 15.3. The lowest BCUT2D eigenvalue weighted by Gasteiger charge is -2.29. The van der Waals surface area contributed by atoms with Gasteiger partial charge in [0.25, 0.3) is 17.2 Å². The molecular weight excluding hydrogens is 480 g/mol. The summed E-state index contributed by atoms with van der Waals surface area (Å²) in [7, 11) is 1.55. The summed E-state index contributed by atoms with van der Waals surface area (Å²) in [5, 5.41) is 11.2. The van der Waals surface area contributed by atoms with Crippen molar-refractivity contribution in [3.05, 3.63) is 101 Å². The minimum absolute atomic E-state index is 0.0635. The zero-order chi connectivity index (χ0) is 26.0. The van der Waals surface area contributed by atoms with Crippen molar-refractivity contribution in [3.63, 3.8) is 0 Å². The van der Waals surface area contributed by atoms with Gasteiger partial charge in [-0.05, 0) is 38.5 Å². The third-order valence-electron chi connectivity index (χ3n) is 6.12. The molecule has 2 aromatic carbocycles. The highest BCUT2D eigenvalue weighted by Crippen LogP contribution is 2.36. The fraction of sp³-hybridized carbons (Fsp3) is 0.269. The molecule has 3 aromatic rings. The highest BCUT2D eigenvalue weighted by Gasteiger charge is 2.35. The molecule has 1 aromatic heterocycles. The Morgan fingerprint density at radius 2 is 1.94 bits per heavy atom. The maximum absolute atomic E-state index is 13.8. The standard InChI is InChI=1S/C26H26N4O5S/c1-5-28(6-2)25(32)22-16(3)27-26-29(23(22)19-12-7-8-13-20(19)35-4)24(31)21(36-26)15-17-10-9-11-18(14-17)30(33)34/h7-15,23H,5-6H2,1-4H3/b21-15+/t23-/m0/s1. The molecule has 1 amide bonds. The van der Waals surface area contributed by atoms with Crippen molar-refractivity contribution in [2.45, 2.75) is 26.8 Å². The predicted octanol–water partition coefficient (Wildman–Crippen LogP) is 3.02. The fourth-order valence-electron chi connectivity index (χ4n) is 4.34. The molecule has 0 saturated heterocycles. The minimum Gasteiger partial charge on any atom is -0.496 e. The molecule has 1 atom stereocenters. The van der Waals surface area contributed by atoms with E-state index in [1.165, 1.54) is 28.0 Å². The number of nitro groups is 1. The summed E-state index contributed by atoms with van der Waals surface area (Å²) in [6, 6.07) is 12.7. The molecule has 0 N–H and O–H groups in total. The van der Waals surface area contributed by atoms with Gasteiger partial charge in [0.1, 0.15) is 11.8 Å². The molecule has 186 valence electrons. The maximum atomic E-state index is 13.8. The van der Waals surface area contributed by atoms with Gasteiger partial charge in [-0.25, -0.2) is 4.99 Å². The van der Waals surface area contributed by atoms with E-state index in [2.05, 4.69) is 4.99 Å². The predicted molar refractivity (Wildman–Crippen MR) is 138 cm³/mol. The number of benzene rings is 2. The second-order valence-electron chi connectivity index (χ2n) is 8.15. The van der Waals surface area contributed by atoms with E-state index < -0.39 is 11.0 Å². The van der Waals surface area contributed by atoms with Gasteiger partial charge >= 0.3 is 0 Å². The van der Waals surface area contributed by atoms with Gasteiger partial charge in [-0.3, -0.25) is 24.3 Å². The van der Waals surface area contributed by atoms with E-state index in [1.807, 2.05) is 32.0 Å². The highest BCUT2D eigenvalue weighted by atomic mass is 32.1. The first-order valence-electron chi connectivity index (χ1n) is 11.5. The minimum atomic E-state index is -0.738. The molecule has 10 heteroatoms. The third-order valence-corrected chi connectivity index (χ3v) is 7.10. The number of nitrogens with zero attached hydrogens (tertiary/aromatic N) is 4. The average Bonchev–Trinajstić information content (AvgIpc) is 3.18. The Morgan fingerprint density at radius 1 is 1.22 bits per heavy atom. The first-order valence-corrected chi connectivity index (χ1v) is 12.3. The number of amides is 1. The van der Waals surface area contributed by atoms with Crippen LogP contribution in [0.3, 0.4) is 0 Å². The van der Waals surface area contributed by atoms with Crippen LogP contribution in [0.15, 0.2) is 69.6 Å². The van der Waals surface area contributed by atoms with Crippen LogP contribution in [0, 0.1) is 10.1 Å². The SMILES string of the molecule is CCN(CC)C(=O)C1=C(C)N=c2s/c(=C/c3cccc([N+](=O)[O-])c3)c(=O)n2[C@H]1c1ccccc1OC. The number of carbonyl (C=O) groups excluding carboxylic acids is 1. The van der Waals surface area contributed by atoms with E-state index in [-0.39, 0.29) is 17.2 Å². The smallest absolute Gasteiger partial charge is 0.271 e. The maximum Gasteiger partial charge on any atom is 0.271 e. The van der Waals surface area contributed by atoms with Crippen molar-refractivity contribution in [2.24, 2.45) is 4.99 Å². The number of para-hydroxylation sites is 1. The van der Waals surface area contributed by atoms with Crippen LogP contribution in [0.25, 0.3) is 6.08 Å². The van der Waals surface area contributed by atoms with Crippen molar-refractivity contribution < 1.29 is 14.5 Å². The van der Waals surface area contributed by atoms with E-state index in [1.54, 1.807) is 43.2 Å². The Balaban J connectivity index is 1.99. The van der Waals surface area contributed by atoms with E-state index in [4.69, 9.17) is 4.74 Å². The molecule has 0 spiro atoms. The Hall–Kier alpha value is -4.05. The number of non-ortho nitro benzene ring substituents is 1. The number of carbonyl (C=O) groups is 1. The monoisotopic (exact) mass is 506 g/mol. The summed E-state index contributed by atoms with van der Waals surface area (Å²) in [5.74, 6) is 0.362. The zero-order valence-electron chi connectivity index (χ0n) is 20.4. The lowest BCUT2D eigenvalue weighted by molar-refractivity contribution is -0.384. The molecule has 0 unspecified atom stereocenters. The molecule has 0 bridgehead atoms. The molecule has 36 heavy (non-hydrogen) atoms. The van der Waals surface area contributed by atoms with E-state index in [0.717, 1.165) is 0 Å². The Bertz CT molecular complexity index is 1550. The van der Waals surface area contributed by atoms with Crippen LogP contribution >= 0.6 is 11.3 Å². The number of ether oxygens (including phenoxy) is 1. The molecule has 9 nitrogen and oxygen atoms in total. The summed E-state index contributed by atoms with van der Waals surface area (Å²) in [6.07, 6.45) is 1.61. The average molecular weight is 507 g/mol. The largest absolute Gasteiger partial charge is 0.496 e. The Morgan fingerprint density at radius 3 is 2.61 bits per heavy atom. The molecule has 4 rings (SSSR count). The number of likely N-dealkylation sites (N-methyl/N-ethyl adjacent to an activating group) is 1. The number of thiazole rings is 1. The third kappa shape index (κ3) is 4.47. The Labute approximate surface area is 211 Å². The first-order chi connectivity index (χ1) is 17.3. The van der Waals surface area contributed by atoms with Gasteiger partial charge in [0, 0.05) is 30.8 Å². The van der Waals surface area contributed by atoms with Gasteiger partial charge < -0.3 is 9.64 Å². The summed E-state index contributed by atoms with van der Waals surface area (Å²) < 4.78 is 7.49. The molecule has 0 saturated carbocycles. The van der Waals surface area contributed by atoms with Crippen LogP contribution in [-0.4, -0.2) is 40.5 Å². The summed E-state index contributed by atoms with van der Waals surface area (Å²) in [5.41, 5.74) is 1.75. The molecule has 0 radical (unpaired) electrons. The molecule has 0 fully saturated rings. The number of nitro benzene ring substituents is 1. The first kappa shape index (κ1) is 25.1.